The van der Waals surface area contributed by atoms with Gasteiger partial charge in [-0.3, -0.25) is 0 Å². The molecule has 0 bridgehead atoms. The highest BCUT2D eigenvalue weighted by Crippen LogP contribution is 1.66. The van der Waals surface area contributed by atoms with Gasteiger partial charge in [0.25, 0.3) is 0 Å². The number of hydrogen-bond donors (Lipinski definition) is 1. The topological polar surface area (TPSA) is 32.6 Å². The Morgan fingerprint density at radius 2 is 2.14 bits per heavy atom. The Hall–Kier alpha value is -1.05. The molecule has 0 rings (SSSR count). The van der Waals surface area contributed by atoms with Crippen molar-refractivity contribution < 1.29 is 5.21 Å². The second kappa shape index (κ2) is 4.95. The van der Waals surface area contributed by atoms with Gasteiger partial charge in [0.1, 0.15) is 0 Å². The minimum atomic E-state index is 1.27. The van der Waals surface area contributed by atoms with E-state index in [0.717, 1.165) is 0 Å². The number of allylic oxidation sites excluding steroid dienone is 3. The quantitative estimate of drug-likeness (QED) is 0.239. The van der Waals surface area contributed by atoms with Crippen LogP contribution in [0.25, 0.3) is 0 Å². The third kappa shape index (κ3) is 4.95. The van der Waals surface area contributed by atoms with Crippen LogP contribution in [0.2, 0.25) is 0 Å². The lowest BCUT2D eigenvalue weighted by Crippen LogP contribution is -1.58. The lowest BCUT2D eigenvalue weighted by Gasteiger charge is -1.64. The number of rotatable bonds is 2. The third-order valence-electron chi connectivity index (χ3n) is 0.400. The first-order valence-electron chi connectivity index (χ1n) is 1.87. The Labute approximate surface area is 42.5 Å². The number of hydrogen-bond acceptors (Lipinski definition) is 2. The van der Waals surface area contributed by atoms with Gasteiger partial charge in [-0.25, -0.2) is 0 Å². The average molecular weight is 97.1 g/mol. The SMILES string of the molecule is C=CC=CC=NO. The van der Waals surface area contributed by atoms with E-state index < -0.39 is 0 Å². The van der Waals surface area contributed by atoms with Gasteiger partial charge >= 0.3 is 0 Å². The van der Waals surface area contributed by atoms with Crippen LogP contribution < -0.4 is 0 Å². The van der Waals surface area contributed by atoms with Gasteiger partial charge in [0.15, 0.2) is 0 Å². The zero-order valence-corrected chi connectivity index (χ0v) is 3.91. The molecule has 0 saturated carbocycles. The van der Waals surface area contributed by atoms with Crippen molar-refractivity contribution >= 4 is 6.21 Å². The van der Waals surface area contributed by atoms with Crippen LogP contribution in [0.1, 0.15) is 0 Å². The van der Waals surface area contributed by atoms with E-state index in [1.165, 1.54) is 6.21 Å². The molecule has 0 aliphatic rings. The second-order valence-electron chi connectivity index (χ2n) is 0.885. The molecule has 0 aromatic rings. The molecule has 2 nitrogen and oxygen atoms in total. The summed E-state index contributed by atoms with van der Waals surface area (Å²) >= 11 is 0. The van der Waals surface area contributed by atoms with Crippen molar-refractivity contribution in [1.82, 2.24) is 0 Å². The van der Waals surface area contributed by atoms with Crippen molar-refractivity contribution in [3.8, 4) is 0 Å². The first-order valence-corrected chi connectivity index (χ1v) is 1.87. The fourth-order valence-corrected chi connectivity index (χ4v) is 0.167. The third-order valence-corrected chi connectivity index (χ3v) is 0.400. The molecule has 0 aliphatic heterocycles. The first-order chi connectivity index (χ1) is 3.41. The maximum atomic E-state index is 7.78. The number of oxime groups is 1. The second-order valence-corrected chi connectivity index (χ2v) is 0.885. The van der Waals surface area contributed by atoms with Crippen LogP contribution in [0, 0.1) is 0 Å². The van der Waals surface area contributed by atoms with Gasteiger partial charge in [-0.1, -0.05) is 23.9 Å². The fourth-order valence-electron chi connectivity index (χ4n) is 0.167. The van der Waals surface area contributed by atoms with E-state index in [2.05, 4.69) is 11.7 Å². The van der Waals surface area contributed by atoms with E-state index in [0.29, 0.717) is 0 Å². The van der Waals surface area contributed by atoms with E-state index in [-0.39, 0.29) is 0 Å². The van der Waals surface area contributed by atoms with E-state index in [1.807, 2.05) is 0 Å². The Morgan fingerprint density at radius 1 is 1.43 bits per heavy atom. The van der Waals surface area contributed by atoms with E-state index in [4.69, 9.17) is 5.21 Å². The largest absolute Gasteiger partial charge is 0.411 e. The molecule has 0 unspecified atom stereocenters. The van der Waals surface area contributed by atoms with Crippen LogP contribution >= 0.6 is 0 Å². The van der Waals surface area contributed by atoms with Gasteiger partial charge in [0.05, 0.1) is 6.21 Å². The summed E-state index contributed by atoms with van der Waals surface area (Å²) < 4.78 is 0. The lowest BCUT2D eigenvalue weighted by atomic mass is 10.5. The molecule has 0 fully saturated rings. The summed E-state index contributed by atoms with van der Waals surface area (Å²) in [5.41, 5.74) is 0. The first kappa shape index (κ1) is 5.95. The Morgan fingerprint density at radius 3 is 2.57 bits per heavy atom. The molecule has 0 aromatic heterocycles. The van der Waals surface area contributed by atoms with E-state index >= 15 is 0 Å². The van der Waals surface area contributed by atoms with Gasteiger partial charge in [0, 0.05) is 0 Å². The molecule has 0 spiro atoms. The molecule has 0 aromatic carbocycles. The highest BCUT2D eigenvalue weighted by Gasteiger charge is 1.54. The monoisotopic (exact) mass is 97.1 g/mol. The van der Waals surface area contributed by atoms with Crippen molar-refractivity contribution in [2.75, 3.05) is 0 Å². The Kier molecular flexibility index (Phi) is 4.21. The van der Waals surface area contributed by atoms with Gasteiger partial charge < -0.3 is 5.21 Å². The summed E-state index contributed by atoms with van der Waals surface area (Å²) in [6, 6.07) is 0. The molecule has 0 atom stereocenters. The van der Waals surface area contributed by atoms with Crippen molar-refractivity contribution in [3.63, 3.8) is 0 Å². The molecule has 0 radical (unpaired) electrons. The van der Waals surface area contributed by atoms with E-state index in [1.54, 1.807) is 18.2 Å². The summed E-state index contributed by atoms with van der Waals surface area (Å²) in [5.74, 6) is 0. The highest BCUT2D eigenvalue weighted by atomic mass is 16.4. The minimum Gasteiger partial charge on any atom is -0.411 e. The van der Waals surface area contributed by atoms with Gasteiger partial charge in [-0.2, -0.15) is 0 Å². The van der Waals surface area contributed by atoms with Crippen molar-refractivity contribution in [1.29, 1.82) is 0 Å². The molecule has 38 valence electrons. The minimum absolute atomic E-state index is 1.27. The smallest absolute Gasteiger partial charge is 0.0661 e. The zero-order chi connectivity index (χ0) is 5.54. The molecule has 0 aliphatic carbocycles. The Balaban J connectivity index is 3.27. The van der Waals surface area contributed by atoms with Gasteiger partial charge in [-0.05, 0) is 6.08 Å². The summed E-state index contributed by atoms with van der Waals surface area (Å²) in [6.45, 7) is 3.40. The summed E-state index contributed by atoms with van der Waals surface area (Å²) in [7, 11) is 0. The maximum absolute atomic E-state index is 7.78. The normalized spacial score (nSPS) is 10.9. The summed E-state index contributed by atoms with van der Waals surface area (Å²) in [4.78, 5) is 0. The molecule has 1 N–H and O–H groups in total. The number of nitrogens with zero attached hydrogens (tertiary/aromatic N) is 1. The summed E-state index contributed by atoms with van der Waals surface area (Å²) in [6.07, 6.45) is 6.11. The van der Waals surface area contributed by atoms with Crippen LogP contribution in [-0.4, -0.2) is 11.4 Å². The van der Waals surface area contributed by atoms with Crippen LogP contribution in [-0.2, 0) is 0 Å². The molecule has 7 heavy (non-hydrogen) atoms. The molecular formula is C5H7NO. The van der Waals surface area contributed by atoms with E-state index in [9.17, 15) is 0 Å². The fraction of sp³-hybridized carbons (Fsp3) is 0. The van der Waals surface area contributed by atoms with Crippen molar-refractivity contribution in [2.24, 2.45) is 5.16 Å². The predicted molar refractivity (Wildman–Crippen MR) is 29.6 cm³/mol. The molecular weight excluding hydrogens is 90.1 g/mol. The molecule has 2 heteroatoms. The molecule has 0 heterocycles. The standard InChI is InChI=1S/C5H7NO/c1-2-3-4-5-6-7/h2-5,7H,1H2. The van der Waals surface area contributed by atoms with Crippen LogP contribution in [0.15, 0.2) is 30.0 Å². The average Bonchev–Trinajstić information content (AvgIpc) is 1.69. The van der Waals surface area contributed by atoms with Crippen molar-refractivity contribution in [3.05, 3.63) is 24.8 Å². The maximum Gasteiger partial charge on any atom is 0.0661 e. The van der Waals surface area contributed by atoms with Crippen LogP contribution in [0.4, 0.5) is 0 Å². The molecule has 0 amide bonds. The summed E-state index contributed by atoms with van der Waals surface area (Å²) in [5, 5.41) is 10.5. The van der Waals surface area contributed by atoms with Gasteiger partial charge in [0.2, 0.25) is 0 Å². The highest BCUT2D eigenvalue weighted by molar-refractivity contribution is 5.70. The van der Waals surface area contributed by atoms with Crippen LogP contribution in [0.5, 0.6) is 0 Å². The Bertz CT molecular complexity index is 94.3. The zero-order valence-electron chi connectivity index (χ0n) is 3.91. The van der Waals surface area contributed by atoms with Crippen LogP contribution in [0.3, 0.4) is 0 Å². The molecule has 0 saturated heterocycles. The predicted octanol–water partition coefficient (Wildman–Crippen LogP) is 1.19. The lowest BCUT2D eigenvalue weighted by molar-refractivity contribution is 0.322. The van der Waals surface area contributed by atoms with Gasteiger partial charge in [-0.15, -0.1) is 0 Å². The van der Waals surface area contributed by atoms with Crippen molar-refractivity contribution in [2.45, 2.75) is 0 Å².